The Hall–Kier alpha value is -1.67. The first kappa shape index (κ1) is 12.8. The second-order valence-corrected chi connectivity index (χ2v) is 4.67. The third kappa shape index (κ3) is 3.17. The summed E-state index contributed by atoms with van der Waals surface area (Å²) in [5.41, 5.74) is 8.99. The molecule has 2 N–H and O–H groups in total. The van der Waals surface area contributed by atoms with Gasteiger partial charge in [-0.25, -0.2) is 0 Å². The fourth-order valence-corrected chi connectivity index (χ4v) is 2.08. The summed E-state index contributed by atoms with van der Waals surface area (Å²) in [7, 11) is 0. The molecule has 0 aliphatic rings. The van der Waals surface area contributed by atoms with Gasteiger partial charge in [0.15, 0.2) is 0 Å². The molecule has 0 heterocycles. The second kappa shape index (κ2) is 5.78. The van der Waals surface area contributed by atoms with Crippen LogP contribution >= 0.6 is 11.6 Å². The molecule has 2 rings (SSSR count). The van der Waals surface area contributed by atoms with E-state index in [1.165, 1.54) is 11.3 Å². The normalized spacial score (nSPS) is 10.3. The number of nitrogens with two attached hydrogens (primary N) is 1. The standard InChI is InChI=1S/C15H17ClN2/c1-2-18(15-8-6-13(16)7-9-15)11-12-4-3-5-14(17)10-12/h3-10H,2,11,17H2,1H3. The van der Waals surface area contributed by atoms with Gasteiger partial charge in [-0.2, -0.15) is 0 Å². The lowest BCUT2D eigenvalue weighted by molar-refractivity contribution is 0.832. The highest BCUT2D eigenvalue weighted by molar-refractivity contribution is 6.30. The smallest absolute Gasteiger partial charge is 0.0430 e. The lowest BCUT2D eigenvalue weighted by atomic mass is 10.1. The number of anilines is 2. The predicted octanol–water partition coefficient (Wildman–Crippen LogP) is 3.95. The highest BCUT2D eigenvalue weighted by Gasteiger charge is 2.05. The second-order valence-electron chi connectivity index (χ2n) is 4.24. The number of hydrogen-bond donors (Lipinski definition) is 1. The topological polar surface area (TPSA) is 29.3 Å². The Labute approximate surface area is 113 Å². The van der Waals surface area contributed by atoms with E-state index in [0.29, 0.717) is 0 Å². The van der Waals surface area contributed by atoms with Crippen molar-refractivity contribution < 1.29 is 0 Å². The van der Waals surface area contributed by atoms with Crippen molar-refractivity contribution >= 4 is 23.0 Å². The molecule has 94 valence electrons. The predicted molar refractivity (Wildman–Crippen MR) is 79.0 cm³/mol. The van der Waals surface area contributed by atoms with E-state index < -0.39 is 0 Å². The molecule has 0 atom stereocenters. The summed E-state index contributed by atoms with van der Waals surface area (Å²) in [6, 6.07) is 15.9. The molecular formula is C15H17ClN2. The summed E-state index contributed by atoms with van der Waals surface area (Å²) in [6.07, 6.45) is 0. The molecule has 3 heteroatoms. The van der Waals surface area contributed by atoms with Gasteiger partial charge in [0.1, 0.15) is 0 Å². The van der Waals surface area contributed by atoms with Crippen LogP contribution in [0.2, 0.25) is 5.02 Å². The number of halogens is 1. The van der Waals surface area contributed by atoms with Crippen molar-refractivity contribution in [2.24, 2.45) is 0 Å². The Kier molecular flexibility index (Phi) is 4.11. The molecule has 0 saturated heterocycles. The van der Waals surface area contributed by atoms with Crippen molar-refractivity contribution in [2.75, 3.05) is 17.2 Å². The van der Waals surface area contributed by atoms with E-state index in [1.54, 1.807) is 0 Å². The lowest BCUT2D eigenvalue weighted by Gasteiger charge is -2.23. The number of nitrogens with zero attached hydrogens (tertiary/aromatic N) is 1. The quantitative estimate of drug-likeness (QED) is 0.844. The molecule has 0 fully saturated rings. The first-order valence-corrected chi connectivity index (χ1v) is 6.42. The Morgan fingerprint density at radius 1 is 1.11 bits per heavy atom. The molecule has 0 aliphatic carbocycles. The minimum atomic E-state index is 0.763. The van der Waals surface area contributed by atoms with E-state index in [0.717, 1.165) is 23.8 Å². The van der Waals surface area contributed by atoms with Crippen LogP contribution in [0.3, 0.4) is 0 Å². The molecule has 0 amide bonds. The molecule has 0 radical (unpaired) electrons. The van der Waals surface area contributed by atoms with Crippen molar-refractivity contribution in [2.45, 2.75) is 13.5 Å². The van der Waals surface area contributed by atoms with Gasteiger partial charge in [0, 0.05) is 29.5 Å². The minimum Gasteiger partial charge on any atom is -0.399 e. The Balaban J connectivity index is 2.17. The molecule has 0 saturated carbocycles. The zero-order valence-electron chi connectivity index (χ0n) is 10.4. The van der Waals surface area contributed by atoms with Crippen LogP contribution in [-0.2, 0) is 6.54 Å². The molecule has 0 aliphatic heterocycles. The molecular weight excluding hydrogens is 244 g/mol. The van der Waals surface area contributed by atoms with Crippen LogP contribution in [0.15, 0.2) is 48.5 Å². The molecule has 2 aromatic rings. The molecule has 0 bridgehead atoms. The van der Waals surface area contributed by atoms with Gasteiger partial charge in [-0.05, 0) is 48.9 Å². The zero-order chi connectivity index (χ0) is 13.0. The van der Waals surface area contributed by atoms with Crippen LogP contribution in [0.4, 0.5) is 11.4 Å². The molecule has 0 unspecified atom stereocenters. The van der Waals surface area contributed by atoms with Crippen LogP contribution in [0.1, 0.15) is 12.5 Å². The van der Waals surface area contributed by atoms with Crippen LogP contribution in [-0.4, -0.2) is 6.54 Å². The fraction of sp³-hybridized carbons (Fsp3) is 0.200. The summed E-state index contributed by atoms with van der Waals surface area (Å²) in [5, 5.41) is 0.763. The first-order valence-electron chi connectivity index (χ1n) is 6.04. The number of rotatable bonds is 4. The van der Waals surface area contributed by atoms with Crippen LogP contribution in [0.5, 0.6) is 0 Å². The summed E-state index contributed by atoms with van der Waals surface area (Å²) < 4.78 is 0. The minimum absolute atomic E-state index is 0.763. The summed E-state index contributed by atoms with van der Waals surface area (Å²) in [5.74, 6) is 0. The third-order valence-corrected chi connectivity index (χ3v) is 3.15. The Bertz CT molecular complexity index is 508. The average molecular weight is 261 g/mol. The highest BCUT2D eigenvalue weighted by atomic mass is 35.5. The van der Waals surface area contributed by atoms with Gasteiger partial charge in [0.2, 0.25) is 0 Å². The van der Waals surface area contributed by atoms with Crippen molar-refractivity contribution in [3.05, 3.63) is 59.1 Å². The van der Waals surface area contributed by atoms with E-state index in [-0.39, 0.29) is 0 Å². The summed E-state index contributed by atoms with van der Waals surface area (Å²) in [6.45, 7) is 3.93. The van der Waals surface area contributed by atoms with E-state index >= 15 is 0 Å². The van der Waals surface area contributed by atoms with Crippen molar-refractivity contribution in [1.29, 1.82) is 0 Å². The average Bonchev–Trinajstić information content (AvgIpc) is 2.37. The zero-order valence-corrected chi connectivity index (χ0v) is 11.2. The van der Waals surface area contributed by atoms with Gasteiger partial charge in [0.25, 0.3) is 0 Å². The van der Waals surface area contributed by atoms with E-state index in [1.807, 2.05) is 42.5 Å². The van der Waals surface area contributed by atoms with Gasteiger partial charge < -0.3 is 10.6 Å². The van der Waals surface area contributed by atoms with Crippen LogP contribution < -0.4 is 10.6 Å². The highest BCUT2D eigenvalue weighted by Crippen LogP contribution is 2.20. The van der Waals surface area contributed by atoms with Crippen LogP contribution in [0.25, 0.3) is 0 Å². The summed E-state index contributed by atoms with van der Waals surface area (Å²) in [4.78, 5) is 2.28. The first-order chi connectivity index (χ1) is 8.69. The largest absolute Gasteiger partial charge is 0.399 e. The van der Waals surface area contributed by atoms with Gasteiger partial charge in [-0.1, -0.05) is 23.7 Å². The van der Waals surface area contributed by atoms with Crippen molar-refractivity contribution in [3.8, 4) is 0 Å². The monoisotopic (exact) mass is 260 g/mol. The van der Waals surface area contributed by atoms with Gasteiger partial charge in [-0.3, -0.25) is 0 Å². The maximum absolute atomic E-state index is 5.91. The van der Waals surface area contributed by atoms with Gasteiger partial charge in [-0.15, -0.1) is 0 Å². The van der Waals surface area contributed by atoms with Crippen LogP contribution in [0, 0.1) is 0 Å². The molecule has 18 heavy (non-hydrogen) atoms. The number of hydrogen-bond acceptors (Lipinski definition) is 2. The van der Waals surface area contributed by atoms with E-state index in [9.17, 15) is 0 Å². The Morgan fingerprint density at radius 2 is 1.83 bits per heavy atom. The van der Waals surface area contributed by atoms with E-state index in [4.69, 9.17) is 17.3 Å². The molecule has 2 aromatic carbocycles. The lowest BCUT2D eigenvalue weighted by Crippen LogP contribution is -2.21. The molecule has 0 aromatic heterocycles. The van der Waals surface area contributed by atoms with Crippen molar-refractivity contribution in [3.63, 3.8) is 0 Å². The number of nitrogen functional groups attached to an aromatic ring is 1. The number of benzene rings is 2. The maximum Gasteiger partial charge on any atom is 0.0430 e. The van der Waals surface area contributed by atoms with Gasteiger partial charge >= 0.3 is 0 Å². The van der Waals surface area contributed by atoms with Crippen molar-refractivity contribution in [1.82, 2.24) is 0 Å². The maximum atomic E-state index is 5.91. The Morgan fingerprint density at radius 3 is 2.44 bits per heavy atom. The van der Waals surface area contributed by atoms with E-state index in [2.05, 4.69) is 17.9 Å². The summed E-state index contributed by atoms with van der Waals surface area (Å²) >= 11 is 5.91. The SMILES string of the molecule is CCN(Cc1cccc(N)c1)c1ccc(Cl)cc1. The van der Waals surface area contributed by atoms with Gasteiger partial charge in [0.05, 0.1) is 0 Å². The molecule has 2 nitrogen and oxygen atoms in total. The fourth-order valence-electron chi connectivity index (χ4n) is 1.95. The molecule has 0 spiro atoms. The third-order valence-electron chi connectivity index (χ3n) is 2.90.